The molecule has 0 aliphatic carbocycles. The van der Waals surface area contributed by atoms with Gasteiger partial charge < -0.3 is 14.9 Å². The maximum absolute atomic E-state index is 10.8. The van der Waals surface area contributed by atoms with Crippen LogP contribution in [0.1, 0.15) is 18.1 Å². The van der Waals surface area contributed by atoms with E-state index in [2.05, 4.69) is 4.74 Å². The summed E-state index contributed by atoms with van der Waals surface area (Å²) < 4.78 is 4.40. The third kappa shape index (κ3) is 2.47. The van der Waals surface area contributed by atoms with Crippen molar-refractivity contribution < 1.29 is 19.7 Å². The predicted molar refractivity (Wildman–Crippen MR) is 49.7 cm³/mol. The van der Waals surface area contributed by atoms with E-state index in [0.717, 1.165) is 0 Å². The molecule has 4 heteroatoms. The largest absolute Gasteiger partial charge is 0.508 e. The molecule has 76 valence electrons. The van der Waals surface area contributed by atoms with Crippen LogP contribution in [0.25, 0.3) is 0 Å². The minimum atomic E-state index is -1.02. The molecule has 1 atom stereocenters. The molecule has 0 bridgehead atoms. The van der Waals surface area contributed by atoms with Crippen molar-refractivity contribution in [2.24, 2.45) is 0 Å². The van der Waals surface area contributed by atoms with E-state index in [-0.39, 0.29) is 12.2 Å². The monoisotopic (exact) mass is 196 g/mol. The van der Waals surface area contributed by atoms with Crippen molar-refractivity contribution in [2.45, 2.75) is 12.5 Å². The van der Waals surface area contributed by atoms with E-state index in [9.17, 15) is 15.0 Å². The summed E-state index contributed by atoms with van der Waals surface area (Å²) >= 11 is 0. The minimum absolute atomic E-state index is 0.0242. The van der Waals surface area contributed by atoms with Crippen LogP contribution in [-0.4, -0.2) is 23.3 Å². The normalized spacial score (nSPS) is 12.1. The molecule has 1 aromatic carbocycles. The van der Waals surface area contributed by atoms with Crippen LogP contribution in [0.15, 0.2) is 24.3 Å². The fourth-order valence-corrected chi connectivity index (χ4v) is 1.12. The Morgan fingerprint density at radius 3 is 2.71 bits per heavy atom. The molecule has 0 radical (unpaired) electrons. The smallest absolute Gasteiger partial charge is 0.308 e. The van der Waals surface area contributed by atoms with Gasteiger partial charge in [0.05, 0.1) is 19.6 Å². The van der Waals surface area contributed by atoms with E-state index >= 15 is 0 Å². The summed E-state index contributed by atoms with van der Waals surface area (Å²) in [5.41, 5.74) is 0.331. The Hall–Kier alpha value is -1.55. The third-order valence-electron chi connectivity index (χ3n) is 1.88. The maximum atomic E-state index is 10.8. The van der Waals surface area contributed by atoms with Gasteiger partial charge in [-0.05, 0) is 6.07 Å². The number of benzene rings is 1. The molecule has 14 heavy (non-hydrogen) atoms. The van der Waals surface area contributed by atoms with E-state index in [1.165, 1.54) is 13.2 Å². The summed E-state index contributed by atoms with van der Waals surface area (Å²) in [6.07, 6.45) is -1.18. The van der Waals surface area contributed by atoms with Gasteiger partial charge in [-0.25, -0.2) is 0 Å². The Balaban J connectivity index is 2.74. The number of methoxy groups -OCH3 is 1. The van der Waals surface area contributed by atoms with Gasteiger partial charge in [0, 0.05) is 5.56 Å². The number of phenolic OH excluding ortho intramolecular Hbond substituents is 1. The summed E-state index contributed by atoms with van der Waals surface area (Å²) in [4.78, 5) is 10.8. The van der Waals surface area contributed by atoms with Crippen LogP contribution in [0, 0.1) is 0 Å². The molecule has 0 spiro atoms. The van der Waals surface area contributed by atoms with Crippen molar-refractivity contribution in [3.8, 4) is 5.75 Å². The molecular weight excluding hydrogens is 184 g/mol. The fourth-order valence-electron chi connectivity index (χ4n) is 1.12. The molecular formula is C10H12O4. The quantitative estimate of drug-likeness (QED) is 0.707. The fraction of sp³-hybridized carbons (Fsp3) is 0.300. The standard InChI is InChI=1S/C10H12O4/c1-14-10(13)6-9(12)7-4-2-3-5-8(7)11/h2-5,9,11-12H,6H2,1H3. The second-order valence-electron chi connectivity index (χ2n) is 2.85. The third-order valence-corrected chi connectivity index (χ3v) is 1.88. The van der Waals surface area contributed by atoms with Gasteiger partial charge >= 0.3 is 5.97 Å². The number of esters is 1. The molecule has 0 saturated carbocycles. The Morgan fingerprint density at radius 2 is 2.14 bits per heavy atom. The number of rotatable bonds is 3. The number of carbonyl (C=O) groups is 1. The van der Waals surface area contributed by atoms with E-state index in [1.807, 2.05) is 0 Å². The van der Waals surface area contributed by atoms with Crippen molar-refractivity contribution in [1.29, 1.82) is 0 Å². The number of aliphatic hydroxyl groups excluding tert-OH is 1. The van der Waals surface area contributed by atoms with Gasteiger partial charge in [-0.3, -0.25) is 4.79 Å². The Morgan fingerprint density at radius 1 is 1.50 bits per heavy atom. The Bertz CT molecular complexity index is 322. The highest BCUT2D eigenvalue weighted by Gasteiger charge is 2.15. The zero-order chi connectivity index (χ0) is 10.6. The molecule has 0 saturated heterocycles. The van der Waals surface area contributed by atoms with Crippen LogP contribution in [-0.2, 0) is 9.53 Å². The average Bonchev–Trinajstić information content (AvgIpc) is 2.18. The highest BCUT2D eigenvalue weighted by atomic mass is 16.5. The molecule has 0 amide bonds. The summed E-state index contributed by atoms with van der Waals surface area (Å²) in [7, 11) is 1.25. The molecule has 0 aromatic heterocycles. The second-order valence-corrected chi connectivity index (χ2v) is 2.85. The SMILES string of the molecule is COC(=O)CC(O)c1ccccc1O. The number of hydrogen-bond acceptors (Lipinski definition) is 4. The highest BCUT2D eigenvalue weighted by Crippen LogP contribution is 2.25. The molecule has 4 nitrogen and oxygen atoms in total. The minimum Gasteiger partial charge on any atom is -0.508 e. The molecule has 2 N–H and O–H groups in total. The zero-order valence-electron chi connectivity index (χ0n) is 7.80. The Labute approximate surface area is 81.8 Å². The van der Waals surface area contributed by atoms with Crippen molar-refractivity contribution >= 4 is 5.97 Å². The first-order valence-electron chi connectivity index (χ1n) is 4.18. The van der Waals surface area contributed by atoms with Crippen LogP contribution < -0.4 is 0 Å². The number of carbonyl (C=O) groups excluding carboxylic acids is 1. The zero-order valence-corrected chi connectivity index (χ0v) is 7.80. The first-order chi connectivity index (χ1) is 6.65. The predicted octanol–water partition coefficient (Wildman–Crippen LogP) is 0.989. The van der Waals surface area contributed by atoms with E-state index in [1.54, 1.807) is 18.2 Å². The topological polar surface area (TPSA) is 66.8 Å². The molecule has 0 heterocycles. The summed E-state index contributed by atoms with van der Waals surface area (Å²) in [5, 5.41) is 18.9. The first-order valence-corrected chi connectivity index (χ1v) is 4.18. The van der Waals surface area contributed by atoms with Crippen molar-refractivity contribution in [3.05, 3.63) is 29.8 Å². The Kier molecular flexibility index (Phi) is 3.48. The summed E-state index contributed by atoms with van der Waals surface area (Å²) in [5.74, 6) is -0.537. The lowest BCUT2D eigenvalue weighted by Gasteiger charge is -2.10. The van der Waals surface area contributed by atoms with Gasteiger partial charge in [-0.15, -0.1) is 0 Å². The molecule has 1 rings (SSSR count). The number of aromatic hydroxyl groups is 1. The summed E-state index contributed by atoms with van der Waals surface area (Å²) in [6.45, 7) is 0. The number of aliphatic hydroxyl groups is 1. The lowest BCUT2D eigenvalue weighted by atomic mass is 10.1. The number of ether oxygens (including phenoxy) is 1. The van der Waals surface area contributed by atoms with Crippen LogP contribution in [0.5, 0.6) is 5.75 Å². The molecule has 1 aromatic rings. The number of hydrogen-bond donors (Lipinski definition) is 2. The van der Waals surface area contributed by atoms with Crippen LogP contribution in [0.2, 0.25) is 0 Å². The number of para-hydroxylation sites is 1. The van der Waals surface area contributed by atoms with Crippen molar-refractivity contribution in [1.82, 2.24) is 0 Å². The van der Waals surface area contributed by atoms with Gasteiger partial charge in [0.25, 0.3) is 0 Å². The molecule has 0 aliphatic rings. The molecule has 0 aliphatic heterocycles. The lowest BCUT2D eigenvalue weighted by Crippen LogP contribution is -2.08. The van der Waals surface area contributed by atoms with Crippen LogP contribution in [0.3, 0.4) is 0 Å². The van der Waals surface area contributed by atoms with E-state index in [0.29, 0.717) is 5.56 Å². The highest BCUT2D eigenvalue weighted by molar-refractivity contribution is 5.70. The molecule has 0 fully saturated rings. The lowest BCUT2D eigenvalue weighted by molar-refractivity contribution is -0.142. The van der Waals surface area contributed by atoms with Gasteiger partial charge in [0.2, 0.25) is 0 Å². The van der Waals surface area contributed by atoms with Gasteiger partial charge in [-0.1, -0.05) is 18.2 Å². The maximum Gasteiger partial charge on any atom is 0.308 e. The van der Waals surface area contributed by atoms with Crippen molar-refractivity contribution in [2.75, 3.05) is 7.11 Å². The van der Waals surface area contributed by atoms with Gasteiger partial charge in [-0.2, -0.15) is 0 Å². The van der Waals surface area contributed by atoms with Crippen LogP contribution >= 0.6 is 0 Å². The van der Waals surface area contributed by atoms with Gasteiger partial charge in [0.1, 0.15) is 5.75 Å². The van der Waals surface area contributed by atoms with Crippen molar-refractivity contribution in [3.63, 3.8) is 0 Å². The van der Waals surface area contributed by atoms with E-state index in [4.69, 9.17) is 0 Å². The molecule has 1 unspecified atom stereocenters. The van der Waals surface area contributed by atoms with Crippen LogP contribution in [0.4, 0.5) is 0 Å². The average molecular weight is 196 g/mol. The first kappa shape index (κ1) is 10.5. The van der Waals surface area contributed by atoms with Gasteiger partial charge in [0.15, 0.2) is 0 Å². The second kappa shape index (κ2) is 4.62. The number of phenols is 1. The van der Waals surface area contributed by atoms with E-state index < -0.39 is 12.1 Å². The summed E-state index contributed by atoms with van der Waals surface area (Å²) in [6, 6.07) is 6.33.